The number of para-hydroxylation sites is 1. The number of carbonyl (C=O) groups is 1. The average molecular weight is 298 g/mol. The lowest BCUT2D eigenvalue weighted by Crippen LogP contribution is -2.01. The van der Waals surface area contributed by atoms with Crippen molar-refractivity contribution in [2.24, 2.45) is 0 Å². The first-order chi connectivity index (χ1) is 10.7. The molecule has 0 atom stereocenters. The molecule has 0 bridgehead atoms. The number of carbonyl (C=O) groups excluding carboxylic acids is 1. The highest BCUT2D eigenvalue weighted by Crippen LogP contribution is 2.25. The SMILES string of the molecule is COC(=O)c1cccc2oc(Nc3ccc(OC)cc3)nc12. The zero-order valence-electron chi connectivity index (χ0n) is 12.1. The second kappa shape index (κ2) is 5.77. The molecule has 0 aliphatic carbocycles. The number of methoxy groups -OCH3 is 2. The summed E-state index contributed by atoms with van der Waals surface area (Å²) in [6.07, 6.45) is 0. The van der Waals surface area contributed by atoms with Gasteiger partial charge in [0.25, 0.3) is 6.01 Å². The van der Waals surface area contributed by atoms with Crippen LogP contribution in [0.25, 0.3) is 11.1 Å². The molecule has 0 aliphatic heterocycles. The Morgan fingerprint density at radius 3 is 2.59 bits per heavy atom. The Hall–Kier alpha value is -3.02. The highest BCUT2D eigenvalue weighted by Gasteiger charge is 2.15. The summed E-state index contributed by atoms with van der Waals surface area (Å²) >= 11 is 0. The number of nitrogens with one attached hydrogen (secondary N) is 1. The molecule has 0 radical (unpaired) electrons. The second-order valence-corrected chi connectivity index (χ2v) is 4.52. The van der Waals surface area contributed by atoms with Crippen LogP contribution in [-0.4, -0.2) is 25.2 Å². The first-order valence-corrected chi connectivity index (χ1v) is 6.60. The zero-order chi connectivity index (χ0) is 15.5. The van der Waals surface area contributed by atoms with E-state index >= 15 is 0 Å². The lowest BCUT2D eigenvalue weighted by atomic mass is 10.2. The Morgan fingerprint density at radius 2 is 1.91 bits per heavy atom. The van der Waals surface area contributed by atoms with Crippen molar-refractivity contribution in [3.8, 4) is 5.75 Å². The molecule has 0 saturated heterocycles. The van der Waals surface area contributed by atoms with E-state index in [1.165, 1.54) is 7.11 Å². The van der Waals surface area contributed by atoms with E-state index in [1.54, 1.807) is 25.3 Å². The van der Waals surface area contributed by atoms with Gasteiger partial charge in [0.15, 0.2) is 5.58 Å². The van der Waals surface area contributed by atoms with E-state index in [-0.39, 0.29) is 0 Å². The predicted molar refractivity (Wildman–Crippen MR) is 81.6 cm³/mol. The minimum Gasteiger partial charge on any atom is -0.497 e. The van der Waals surface area contributed by atoms with Crippen LogP contribution in [0.2, 0.25) is 0 Å². The topological polar surface area (TPSA) is 73.6 Å². The summed E-state index contributed by atoms with van der Waals surface area (Å²) in [5.74, 6) is 0.311. The van der Waals surface area contributed by atoms with Gasteiger partial charge in [0.2, 0.25) is 0 Å². The Labute approximate surface area is 126 Å². The van der Waals surface area contributed by atoms with Gasteiger partial charge >= 0.3 is 5.97 Å². The van der Waals surface area contributed by atoms with E-state index in [4.69, 9.17) is 13.9 Å². The number of nitrogens with zero attached hydrogens (tertiary/aromatic N) is 1. The van der Waals surface area contributed by atoms with Crippen LogP contribution >= 0.6 is 0 Å². The highest BCUT2D eigenvalue weighted by atomic mass is 16.5. The van der Waals surface area contributed by atoms with Crippen LogP contribution in [0, 0.1) is 0 Å². The van der Waals surface area contributed by atoms with Gasteiger partial charge < -0.3 is 19.2 Å². The predicted octanol–water partition coefficient (Wildman–Crippen LogP) is 3.37. The number of benzene rings is 2. The third kappa shape index (κ3) is 2.58. The number of fused-ring (bicyclic) bond motifs is 1. The van der Waals surface area contributed by atoms with Crippen molar-refractivity contribution in [1.29, 1.82) is 0 Å². The van der Waals surface area contributed by atoms with Crippen LogP contribution in [0.15, 0.2) is 46.9 Å². The maximum absolute atomic E-state index is 11.7. The van der Waals surface area contributed by atoms with Crippen molar-refractivity contribution in [2.45, 2.75) is 0 Å². The number of rotatable bonds is 4. The van der Waals surface area contributed by atoms with Gasteiger partial charge in [-0.05, 0) is 36.4 Å². The lowest BCUT2D eigenvalue weighted by molar-refractivity contribution is 0.0603. The normalized spacial score (nSPS) is 10.5. The van der Waals surface area contributed by atoms with Crippen molar-refractivity contribution < 1.29 is 18.7 Å². The van der Waals surface area contributed by atoms with Crippen molar-refractivity contribution in [3.05, 3.63) is 48.0 Å². The highest BCUT2D eigenvalue weighted by molar-refractivity contribution is 6.01. The van der Waals surface area contributed by atoms with Crippen LogP contribution in [0.1, 0.15) is 10.4 Å². The van der Waals surface area contributed by atoms with E-state index in [0.717, 1.165) is 11.4 Å². The van der Waals surface area contributed by atoms with E-state index in [2.05, 4.69) is 10.3 Å². The number of esters is 1. The number of hydrogen-bond acceptors (Lipinski definition) is 6. The van der Waals surface area contributed by atoms with Crippen LogP contribution in [0.4, 0.5) is 11.7 Å². The summed E-state index contributed by atoms with van der Waals surface area (Å²) in [5.41, 5.74) is 2.14. The van der Waals surface area contributed by atoms with Crippen molar-refractivity contribution in [1.82, 2.24) is 4.98 Å². The lowest BCUT2D eigenvalue weighted by Gasteiger charge is -2.02. The van der Waals surface area contributed by atoms with Gasteiger partial charge in [0.1, 0.15) is 11.3 Å². The van der Waals surface area contributed by atoms with Gasteiger partial charge in [-0.25, -0.2) is 4.79 Å². The molecule has 3 aromatic rings. The molecular formula is C16H14N2O4. The first kappa shape index (κ1) is 13.9. The van der Waals surface area contributed by atoms with Crippen LogP contribution in [-0.2, 0) is 4.74 Å². The molecule has 1 heterocycles. The van der Waals surface area contributed by atoms with E-state index in [9.17, 15) is 4.79 Å². The smallest absolute Gasteiger partial charge is 0.340 e. The van der Waals surface area contributed by atoms with Crippen molar-refractivity contribution in [2.75, 3.05) is 19.5 Å². The Kier molecular flexibility index (Phi) is 3.65. The Bertz CT molecular complexity index is 809. The molecule has 3 rings (SSSR count). The summed E-state index contributed by atoms with van der Waals surface area (Å²) in [7, 11) is 2.94. The molecule has 0 aliphatic rings. The third-order valence-electron chi connectivity index (χ3n) is 3.17. The molecule has 0 unspecified atom stereocenters. The molecular weight excluding hydrogens is 284 g/mol. The molecule has 1 aromatic heterocycles. The molecule has 0 spiro atoms. The minimum absolute atomic E-state index is 0.302. The summed E-state index contributed by atoms with van der Waals surface area (Å²) in [4.78, 5) is 16.0. The molecule has 22 heavy (non-hydrogen) atoms. The van der Waals surface area contributed by atoms with Gasteiger partial charge in [-0.3, -0.25) is 0 Å². The van der Waals surface area contributed by atoms with Gasteiger partial charge in [-0.1, -0.05) is 6.07 Å². The monoisotopic (exact) mass is 298 g/mol. The number of ether oxygens (including phenoxy) is 2. The molecule has 0 amide bonds. The molecule has 1 N–H and O–H groups in total. The van der Waals surface area contributed by atoms with E-state index in [1.807, 2.05) is 24.3 Å². The molecule has 6 heteroatoms. The fourth-order valence-electron chi connectivity index (χ4n) is 2.07. The molecule has 0 fully saturated rings. The Morgan fingerprint density at radius 1 is 1.14 bits per heavy atom. The number of anilines is 2. The standard InChI is InChI=1S/C16H14N2O4/c1-20-11-8-6-10(7-9-11)17-16-18-14-12(15(19)21-2)4-3-5-13(14)22-16/h3-9H,1-2H3,(H,17,18). The largest absolute Gasteiger partial charge is 0.497 e. The van der Waals surface area contributed by atoms with Crippen LogP contribution in [0.5, 0.6) is 5.75 Å². The molecule has 2 aromatic carbocycles. The summed E-state index contributed by atoms with van der Waals surface area (Å²) in [6, 6.07) is 12.7. The van der Waals surface area contributed by atoms with E-state index in [0.29, 0.717) is 22.7 Å². The maximum atomic E-state index is 11.7. The molecule has 112 valence electrons. The number of aromatic nitrogens is 1. The van der Waals surface area contributed by atoms with Gasteiger partial charge in [0.05, 0.1) is 19.8 Å². The maximum Gasteiger partial charge on any atom is 0.340 e. The first-order valence-electron chi connectivity index (χ1n) is 6.60. The van der Waals surface area contributed by atoms with Gasteiger partial charge in [-0.2, -0.15) is 4.98 Å². The average Bonchev–Trinajstić information content (AvgIpc) is 2.97. The number of hydrogen-bond donors (Lipinski definition) is 1. The van der Waals surface area contributed by atoms with Crippen molar-refractivity contribution in [3.63, 3.8) is 0 Å². The summed E-state index contributed by atoms with van der Waals surface area (Å²) in [5, 5.41) is 3.04. The van der Waals surface area contributed by atoms with Gasteiger partial charge in [0, 0.05) is 5.69 Å². The van der Waals surface area contributed by atoms with Gasteiger partial charge in [-0.15, -0.1) is 0 Å². The number of oxazole rings is 1. The fourth-order valence-corrected chi connectivity index (χ4v) is 2.07. The molecule has 6 nitrogen and oxygen atoms in total. The third-order valence-corrected chi connectivity index (χ3v) is 3.17. The molecule has 0 saturated carbocycles. The quantitative estimate of drug-likeness (QED) is 0.744. The summed E-state index contributed by atoms with van der Waals surface area (Å²) in [6.45, 7) is 0. The zero-order valence-corrected chi connectivity index (χ0v) is 12.1. The van der Waals surface area contributed by atoms with E-state index < -0.39 is 5.97 Å². The fraction of sp³-hybridized carbons (Fsp3) is 0.125. The second-order valence-electron chi connectivity index (χ2n) is 4.52. The van der Waals surface area contributed by atoms with Crippen LogP contribution in [0.3, 0.4) is 0 Å². The Balaban J connectivity index is 1.93. The van der Waals surface area contributed by atoms with Crippen molar-refractivity contribution >= 4 is 28.8 Å². The summed E-state index contributed by atoms with van der Waals surface area (Å²) < 4.78 is 15.4. The minimum atomic E-state index is -0.449. The van der Waals surface area contributed by atoms with Crippen LogP contribution < -0.4 is 10.1 Å².